The van der Waals surface area contributed by atoms with Crippen molar-refractivity contribution in [2.24, 2.45) is 0 Å². The molecule has 0 radical (unpaired) electrons. The van der Waals surface area contributed by atoms with Gasteiger partial charge in [-0.3, -0.25) is 0 Å². The van der Waals surface area contributed by atoms with Gasteiger partial charge in [0.2, 0.25) is 0 Å². The van der Waals surface area contributed by atoms with E-state index in [-0.39, 0.29) is 0 Å². The van der Waals surface area contributed by atoms with Crippen molar-refractivity contribution in [1.82, 2.24) is 15.0 Å². The molecule has 2 aromatic rings. The molecule has 16 heavy (non-hydrogen) atoms. The van der Waals surface area contributed by atoms with Crippen molar-refractivity contribution >= 4 is 0 Å². The second-order valence-corrected chi connectivity index (χ2v) is 2.92. The molecular weight excluding hydrogens is 202 g/mol. The zero-order valence-corrected chi connectivity index (χ0v) is 9.28. The van der Waals surface area contributed by atoms with E-state index in [1.807, 2.05) is 43.3 Å². The average Bonchev–Trinajstić information content (AvgIpc) is 2.40. The van der Waals surface area contributed by atoms with Crippen LogP contribution in [0, 0.1) is 0 Å². The van der Waals surface area contributed by atoms with Crippen molar-refractivity contribution < 1.29 is 4.74 Å². The Labute approximate surface area is 95.4 Å². The Morgan fingerprint density at radius 3 is 1.88 bits per heavy atom. The number of nitrogens with zero attached hydrogens (tertiary/aromatic N) is 3. The Balaban J connectivity index is 0.000000181. The number of hydrogen-bond donors (Lipinski definition) is 0. The molecule has 0 saturated heterocycles. The molecule has 0 fully saturated rings. The van der Waals surface area contributed by atoms with Gasteiger partial charge < -0.3 is 4.74 Å². The van der Waals surface area contributed by atoms with Crippen LogP contribution >= 0.6 is 0 Å². The Morgan fingerprint density at radius 1 is 0.938 bits per heavy atom. The van der Waals surface area contributed by atoms with E-state index >= 15 is 0 Å². The summed E-state index contributed by atoms with van der Waals surface area (Å²) in [5, 5.41) is 0. The number of rotatable bonds is 3. The summed E-state index contributed by atoms with van der Waals surface area (Å²) in [5.74, 6) is 0. The summed E-state index contributed by atoms with van der Waals surface area (Å²) < 4.78 is 5.09. The zero-order chi connectivity index (χ0) is 11.5. The van der Waals surface area contributed by atoms with Crippen molar-refractivity contribution in [3.63, 3.8) is 0 Å². The quantitative estimate of drug-likeness (QED) is 0.791. The topological polar surface area (TPSA) is 47.9 Å². The van der Waals surface area contributed by atoms with Crippen LogP contribution < -0.4 is 4.74 Å². The minimum absolute atomic E-state index is 0.400. The molecule has 0 bridgehead atoms. The lowest BCUT2D eigenvalue weighted by molar-refractivity contribution is 0.291. The third kappa shape index (κ3) is 5.70. The van der Waals surface area contributed by atoms with Crippen LogP contribution in [0.5, 0.6) is 6.01 Å². The van der Waals surface area contributed by atoms with E-state index in [1.165, 1.54) is 12.7 Å². The summed E-state index contributed by atoms with van der Waals surface area (Å²) in [6, 6.07) is 12.4. The van der Waals surface area contributed by atoms with Crippen LogP contribution in [-0.2, 0) is 0 Å². The highest BCUT2D eigenvalue weighted by Crippen LogP contribution is 1.95. The van der Waals surface area contributed by atoms with Gasteiger partial charge in [-0.25, -0.2) is 4.98 Å². The molecule has 0 unspecified atom stereocenters. The summed E-state index contributed by atoms with van der Waals surface area (Å²) in [5.41, 5.74) is 0. The van der Waals surface area contributed by atoms with Crippen LogP contribution in [0.3, 0.4) is 0 Å². The smallest absolute Gasteiger partial charge is 0.319 e. The zero-order valence-electron chi connectivity index (χ0n) is 9.28. The standard InChI is InChI=1S/C6H9N3O.C6H6/c1-2-3-10-6-8-4-7-5-9-6;1-2-4-6-5-3-1/h4-5H,2-3H2,1H3;1-6H. The highest BCUT2D eigenvalue weighted by Gasteiger charge is 1.90. The van der Waals surface area contributed by atoms with Crippen molar-refractivity contribution in [3.8, 4) is 6.01 Å². The highest BCUT2D eigenvalue weighted by molar-refractivity contribution is 4.99. The minimum atomic E-state index is 0.400. The first-order valence-electron chi connectivity index (χ1n) is 5.18. The van der Waals surface area contributed by atoms with Crippen molar-refractivity contribution in [1.29, 1.82) is 0 Å². The molecule has 4 nitrogen and oxygen atoms in total. The molecule has 84 valence electrons. The summed E-state index contributed by atoms with van der Waals surface area (Å²) >= 11 is 0. The second kappa shape index (κ2) is 8.35. The minimum Gasteiger partial charge on any atom is -0.463 e. The molecule has 0 aliphatic carbocycles. The summed E-state index contributed by atoms with van der Waals surface area (Å²) in [4.78, 5) is 11.2. The van der Waals surface area contributed by atoms with Gasteiger partial charge in [0.1, 0.15) is 12.7 Å². The molecule has 2 rings (SSSR count). The lowest BCUT2D eigenvalue weighted by Crippen LogP contribution is -1.99. The molecule has 0 amide bonds. The van der Waals surface area contributed by atoms with Gasteiger partial charge in [-0.1, -0.05) is 43.3 Å². The van der Waals surface area contributed by atoms with E-state index in [2.05, 4.69) is 15.0 Å². The molecule has 0 aliphatic heterocycles. The van der Waals surface area contributed by atoms with Gasteiger partial charge in [0.15, 0.2) is 0 Å². The average molecular weight is 217 g/mol. The highest BCUT2D eigenvalue weighted by atomic mass is 16.5. The Bertz CT molecular complexity index is 326. The van der Waals surface area contributed by atoms with Gasteiger partial charge in [-0.2, -0.15) is 9.97 Å². The molecule has 1 heterocycles. The van der Waals surface area contributed by atoms with E-state index in [1.54, 1.807) is 0 Å². The first-order chi connectivity index (χ1) is 7.93. The van der Waals surface area contributed by atoms with E-state index in [4.69, 9.17) is 4.74 Å². The van der Waals surface area contributed by atoms with Crippen LogP contribution in [0.4, 0.5) is 0 Å². The van der Waals surface area contributed by atoms with Crippen LogP contribution in [0.15, 0.2) is 49.1 Å². The fourth-order valence-electron chi connectivity index (χ4n) is 0.881. The molecule has 0 aliphatic rings. The van der Waals surface area contributed by atoms with Gasteiger partial charge in [-0.05, 0) is 6.42 Å². The Morgan fingerprint density at radius 2 is 1.44 bits per heavy atom. The molecule has 4 heteroatoms. The summed E-state index contributed by atoms with van der Waals surface area (Å²) in [6.45, 7) is 2.69. The predicted octanol–water partition coefficient (Wildman–Crippen LogP) is 2.35. The fraction of sp³-hybridized carbons (Fsp3) is 0.250. The Hall–Kier alpha value is -1.97. The van der Waals surface area contributed by atoms with Crippen LogP contribution in [-0.4, -0.2) is 21.6 Å². The van der Waals surface area contributed by atoms with E-state index in [0.717, 1.165) is 6.42 Å². The third-order valence-electron chi connectivity index (χ3n) is 1.57. The van der Waals surface area contributed by atoms with Gasteiger partial charge in [0.05, 0.1) is 6.61 Å². The lowest BCUT2D eigenvalue weighted by Gasteiger charge is -1.98. The normalized spacial score (nSPS) is 8.81. The molecule has 0 atom stereocenters. The van der Waals surface area contributed by atoms with E-state index in [9.17, 15) is 0 Å². The van der Waals surface area contributed by atoms with Crippen LogP contribution in [0.25, 0.3) is 0 Å². The predicted molar refractivity (Wildman–Crippen MR) is 62.1 cm³/mol. The third-order valence-corrected chi connectivity index (χ3v) is 1.57. The molecule has 0 saturated carbocycles. The second-order valence-electron chi connectivity index (χ2n) is 2.92. The SMILES string of the molecule is CCCOc1ncncn1.c1ccccc1. The van der Waals surface area contributed by atoms with Crippen LogP contribution in [0.1, 0.15) is 13.3 Å². The molecule has 0 N–H and O–H groups in total. The number of aromatic nitrogens is 3. The molecular formula is C12H15N3O. The fourth-order valence-corrected chi connectivity index (χ4v) is 0.881. The maximum absolute atomic E-state index is 5.09. The number of benzene rings is 1. The van der Waals surface area contributed by atoms with Crippen LogP contribution in [0.2, 0.25) is 0 Å². The molecule has 1 aromatic heterocycles. The maximum atomic E-state index is 5.09. The summed E-state index contributed by atoms with van der Waals surface area (Å²) in [7, 11) is 0. The molecule has 0 spiro atoms. The first kappa shape index (κ1) is 12.1. The summed E-state index contributed by atoms with van der Waals surface area (Å²) in [6.07, 6.45) is 3.79. The van der Waals surface area contributed by atoms with Crippen molar-refractivity contribution in [3.05, 3.63) is 49.1 Å². The lowest BCUT2D eigenvalue weighted by atomic mass is 10.4. The first-order valence-corrected chi connectivity index (χ1v) is 5.18. The largest absolute Gasteiger partial charge is 0.463 e. The maximum Gasteiger partial charge on any atom is 0.319 e. The van der Waals surface area contributed by atoms with Crippen molar-refractivity contribution in [2.75, 3.05) is 6.61 Å². The monoisotopic (exact) mass is 217 g/mol. The van der Waals surface area contributed by atoms with E-state index < -0.39 is 0 Å². The molecule has 1 aromatic carbocycles. The van der Waals surface area contributed by atoms with Gasteiger partial charge >= 0.3 is 6.01 Å². The van der Waals surface area contributed by atoms with Gasteiger partial charge in [0.25, 0.3) is 0 Å². The van der Waals surface area contributed by atoms with Gasteiger partial charge in [-0.15, -0.1) is 0 Å². The number of hydrogen-bond acceptors (Lipinski definition) is 4. The van der Waals surface area contributed by atoms with Crippen molar-refractivity contribution in [2.45, 2.75) is 13.3 Å². The van der Waals surface area contributed by atoms with E-state index in [0.29, 0.717) is 12.6 Å². The Kier molecular flexibility index (Phi) is 6.31. The number of ether oxygens (including phenoxy) is 1. The van der Waals surface area contributed by atoms with Gasteiger partial charge in [0, 0.05) is 0 Å².